The second-order valence-corrected chi connectivity index (χ2v) is 6.23. The Bertz CT molecular complexity index is 213. The first-order valence-electron chi connectivity index (χ1n) is 3.00. The van der Waals surface area contributed by atoms with E-state index in [-0.39, 0.29) is 6.16 Å². The number of carboxylic acids is 1. The highest BCUT2D eigenvalue weighted by atomic mass is 35.5. The lowest BCUT2D eigenvalue weighted by atomic mass is 10.5. The van der Waals surface area contributed by atoms with Crippen LogP contribution in [0.1, 0.15) is 13.8 Å². The summed E-state index contributed by atoms with van der Waals surface area (Å²) in [7, 11) is -3.77. The van der Waals surface area contributed by atoms with Crippen LogP contribution >= 0.6 is 19.0 Å². The van der Waals surface area contributed by atoms with Crippen molar-refractivity contribution >= 4 is 24.9 Å². The molecule has 0 saturated carbocycles. The minimum absolute atomic E-state index is 0.140. The SMILES string of the molecule is CCP(=O)(O)C(C)(Cl)C(=O)O. The summed E-state index contributed by atoms with van der Waals surface area (Å²) in [5.41, 5.74) is 0. The predicted molar refractivity (Wildman–Crippen MR) is 42.3 cm³/mol. The average molecular weight is 201 g/mol. The van der Waals surface area contributed by atoms with Gasteiger partial charge in [0.2, 0.25) is 12.0 Å². The van der Waals surface area contributed by atoms with Crippen LogP contribution in [-0.2, 0) is 9.36 Å². The van der Waals surface area contributed by atoms with Crippen LogP contribution in [0.5, 0.6) is 0 Å². The minimum atomic E-state index is -3.77. The van der Waals surface area contributed by atoms with Crippen molar-refractivity contribution in [1.29, 1.82) is 0 Å². The molecule has 0 saturated heterocycles. The molecule has 0 aliphatic heterocycles. The van der Waals surface area contributed by atoms with E-state index in [4.69, 9.17) is 21.6 Å². The van der Waals surface area contributed by atoms with Gasteiger partial charge in [0.25, 0.3) is 0 Å². The molecule has 0 rings (SSSR count). The van der Waals surface area contributed by atoms with Crippen LogP contribution in [-0.4, -0.2) is 26.7 Å². The first-order chi connectivity index (χ1) is 4.75. The molecule has 0 radical (unpaired) electrons. The number of hydrogen-bond acceptors (Lipinski definition) is 2. The smallest absolute Gasteiger partial charge is 0.334 e. The number of carboxylic acid groups (broad SMARTS) is 1. The molecule has 0 aromatic carbocycles. The molecule has 4 nitrogen and oxygen atoms in total. The number of carbonyl (C=O) groups is 1. The maximum atomic E-state index is 11.1. The van der Waals surface area contributed by atoms with Gasteiger partial charge >= 0.3 is 5.97 Å². The molecule has 2 unspecified atom stereocenters. The number of alkyl halides is 1. The van der Waals surface area contributed by atoms with Crippen molar-refractivity contribution in [2.75, 3.05) is 6.16 Å². The third kappa shape index (κ3) is 1.95. The summed E-state index contributed by atoms with van der Waals surface area (Å²) in [6.07, 6.45) is -0.140. The zero-order valence-corrected chi connectivity index (χ0v) is 7.89. The molecule has 11 heavy (non-hydrogen) atoms. The summed E-state index contributed by atoms with van der Waals surface area (Å²) >= 11 is 5.35. The van der Waals surface area contributed by atoms with Crippen LogP contribution in [0.4, 0.5) is 0 Å². The fraction of sp³-hybridized carbons (Fsp3) is 0.800. The molecule has 66 valence electrons. The van der Waals surface area contributed by atoms with E-state index in [1.54, 1.807) is 0 Å². The van der Waals surface area contributed by atoms with Gasteiger partial charge in [-0.25, -0.2) is 4.79 Å². The Kier molecular flexibility index (Phi) is 3.12. The van der Waals surface area contributed by atoms with Crippen molar-refractivity contribution in [2.45, 2.75) is 18.5 Å². The second-order valence-electron chi connectivity index (χ2n) is 2.28. The molecule has 0 aromatic heterocycles. The Labute approximate surface area is 69.6 Å². The van der Waals surface area contributed by atoms with Gasteiger partial charge in [0, 0.05) is 6.16 Å². The Morgan fingerprint density at radius 2 is 2.09 bits per heavy atom. The first kappa shape index (κ1) is 11.0. The lowest BCUT2D eigenvalue weighted by Crippen LogP contribution is -2.29. The van der Waals surface area contributed by atoms with Gasteiger partial charge in [0.1, 0.15) is 0 Å². The quantitative estimate of drug-likeness (QED) is 0.532. The number of rotatable bonds is 3. The Hall–Kier alpha value is -0.0500. The Morgan fingerprint density at radius 3 is 2.18 bits per heavy atom. The molecule has 6 heteroatoms. The summed E-state index contributed by atoms with van der Waals surface area (Å²) in [6.45, 7) is 2.45. The molecule has 0 aliphatic rings. The van der Waals surface area contributed by atoms with Crippen LogP contribution in [0.3, 0.4) is 0 Å². The van der Waals surface area contributed by atoms with Gasteiger partial charge in [0.05, 0.1) is 0 Å². The van der Waals surface area contributed by atoms with Gasteiger partial charge in [-0.1, -0.05) is 18.5 Å². The van der Waals surface area contributed by atoms with Gasteiger partial charge < -0.3 is 10.00 Å². The van der Waals surface area contributed by atoms with Crippen molar-refractivity contribution < 1.29 is 19.4 Å². The summed E-state index contributed by atoms with van der Waals surface area (Å²) in [4.78, 5) is 19.4. The van der Waals surface area contributed by atoms with E-state index in [0.717, 1.165) is 6.92 Å². The maximum Gasteiger partial charge on any atom is 0.334 e. The molecule has 0 heterocycles. The third-order valence-corrected chi connectivity index (χ3v) is 4.79. The fourth-order valence-corrected chi connectivity index (χ4v) is 1.70. The van der Waals surface area contributed by atoms with Gasteiger partial charge in [0.15, 0.2) is 0 Å². The molecule has 0 aromatic rings. The van der Waals surface area contributed by atoms with E-state index in [9.17, 15) is 9.36 Å². The topological polar surface area (TPSA) is 74.6 Å². The zero-order valence-electron chi connectivity index (χ0n) is 6.24. The van der Waals surface area contributed by atoms with Crippen molar-refractivity contribution in [3.8, 4) is 0 Å². The molecular weight excluding hydrogens is 190 g/mol. The lowest BCUT2D eigenvalue weighted by Gasteiger charge is -2.21. The first-order valence-corrected chi connectivity index (χ1v) is 5.22. The van der Waals surface area contributed by atoms with Crippen LogP contribution in [0, 0.1) is 0 Å². The summed E-state index contributed by atoms with van der Waals surface area (Å²) in [6, 6.07) is 0. The van der Waals surface area contributed by atoms with Crippen molar-refractivity contribution in [1.82, 2.24) is 0 Å². The standard InChI is InChI=1S/C5H10ClO4P/c1-3-11(9,10)5(2,6)4(7)8/h3H2,1-2H3,(H,7,8)(H,9,10). The van der Waals surface area contributed by atoms with Crippen molar-refractivity contribution in [3.63, 3.8) is 0 Å². The van der Waals surface area contributed by atoms with Crippen LogP contribution in [0.2, 0.25) is 0 Å². The number of halogens is 1. The van der Waals surface area contributed by atoms with E-state index >= 15 is 0 Å². The average Bonchev–Trinajstić information content (AvgIpc) is 1.87. The lowest BCUT2D eigenvalue weighted by molar-refractivity contribution is -0.137. The molecule has 0 aliphatic carbocycles. The molecule has 0 amide bonds. The molecule has 0 spiro atoms. The molecule has 2 atom stereocenters. The largest absolute Gasteiger partial charge is 0.480 e. The third-order valence-electron chi connectivity index (χ3n) is 1.48. The second kappa shape index (κ2) is 3.13. The monoisotopic (exact) mass is 200 g/mol. The van der Waals surface area contributed by atoms with Crippen molar-refractivity contribution in [2.24, 2.45) is 0 Å². The minimum Gasteiger partial charge on any atom is -0.480 e. The van der Waals surface area contributed by atoms with Gasteiger partial charge in [-0.3, -0.25) is 4.57 Å². The highest BCUT2D eigenvalue weighted by Crippen LogP contribution is 2.56. The Morgan fingerprint density at radius 1 is 1.73 bits per heavy atom. The van der Waals surface area contributed by atoms with E-state index in [1.807, 2.05) is 0 Å². The van der Waals surface area contributed by atoms with Gasteiger partial charge in [-0.2, -0.15) is 0 Å². The van der Waals surface area contributed by atoms with E-state index < -0.39 is 18.0 Å². The van der Waals surface area contributed by atoms with Gasteiger partial charge in [-0.05, 0) is 6.92 Å². The molecule has 0 fully saturated rings. The summed E-state index contributed by atoms with van der Waals surface area (Å²) in [5, 5.41) is 8.44. The Balaban J connectivity index is 4.83. The van der Waals surface area contributed by atoms with Gasteiger partial charge in [-0.15, -0.1) is 0 Å². The normalized spacial score (nSPS) is 21.8. The fourth-order valence-electron chi connectivity index (χ4n) is 0.446. The highest BCUT2D eigenvalue weighted by Gasteiger charge is 2.47. The van der Waals surface area contributed by atoms with Crippen LogP contribution in [0.15, 0.2) is 0 Å². The van der Waals surface area contributed by atoms with Crippen LogP contribution in [0.25, 0.3) is 0 Å². The van der Waals surface area contributed by atoms with E-state index in [1.165, 1.54) is 6.92 Å². The summed E-state index contributed by atoms with van der Waals surface area (Å²) < 4.78 is 9.03. The molecular formula is C5H10ClO4P. The predicted octanol–water partition coefficient (Wildman–Crippen LogP) is 1.32. The highest BCUT2D eigenvalue weighted by molar-refractivity contribution is 7.62. The number of aliphatic carboxylic acids is 1. The number of hydrogen-bond donors (Lipinski definition) is 2. The van der Waals surface area contributed by atoms with Crippen molar-refractivity contribution in [3.05, 3.63) is 0 Å². The molecule has 2 N–H and O–H groups in total. The molecule has 0 bridgehead atoms. The van der Waals surface area contributed by atoms with Crippen LogP contribution < -0.4 is 0 Å². The van der Waals surface area contributed by atoms with E-state index in [0.29, 0.717) is 0 Å². The van der Waals surface area contributed by atoms with E-state index in [2.05, 4.69) is 0 Å². The maximum absolute atomic E-state index is 11.1. The zero-order chi connectivity index (χ0) is 9.28. The summed E-state index contributed by atoms with van der Waals surface area (Å²) in [5.74, 6) is -1.47.